The zero-order valence-corrected chi connectivity index (χ0v) is 12.0. The smallest absolute Gasteiger partial charge is 0.280 e. The van der Waals surface area contributed by atoms with Gasteiger partial charge in [-0.25, -0.2) is 9.37 Å². The molecule has 0 radical (unpaired) electrons. The highest BCUT2D eigenvalue weighted by Gasteiger charge is 2.21. The predicted molar refractivity (Wildman–Crippen MR) is 79.4 cm³/mol. The Labute approximate surface area is 126 Å². The number of rotatable bonds is 2. The quantitative estimate of drug-likeness (QED) is 0.566. The number of aromatic nitrogens is 2. The third-order valence-electron chi connectivity index (χ3n) is 3.03. The third kappa shape index (κ3) is 2.23. The Kier molecular flexibility index (Phi) is 3.09. The number of nitrogen functional groups attached to an aromatic ring is 1. The van der Waals surface area contributed by atoms with E-state index in [1.807, 2.05) is 0 Å². The van der Waals surface area contributed by atoms with Gasteiger partial charge in [-0.1, -0.05) is 15.9 Å². The standard InChI is InChI=1S/C13H8BrFN4O2/c14-7-1-3-9(10(5-7)19(20)21)12-13(16)18-6-8(15)2-4-11(18)17-12/h1-6H,16H2. The van der Waals surface area contributed by atoms with Gasteiger partial charge in [0.1, 0.15) is 23.0 Å². The van der Waals surface area contributed by atoms with Crippen LogP contribution in [-0.4, -0.2) is 14.3 Å². The number of nitro groups is 1. The molecule has 3 aromatic rings. The Morgan fingerprint density at radius 3 is 2.81 bits per heavy atom. The van der Waals surface area contributed by atoms with Crippen molar-refractivity contribution in [2.75, 3.05) is 5.73 Å². The summed E-state index contributed by atoms with van der Waals surface area (Å²) < 4.78 is 15.2. The summed E-state index contributed by atoms with van der Waals surface area (Å²) in [5, 5.41) is 11.2. The van der Waals surface area contributed by atoms with E-state index in [4.69, 9.17) is 5.73 Å². The number of benzene rings is 1. The molecule has 0 atom stereocenters. The lowest BCUT2D eigenvalue weighted by atomic mass is 10.1. The van der Waals surface area contributed by atoms with Crippen LogP contribution in [0.1, 0.15) is 0 Å². The SMILES string of the molecule is Nc1c(-c2ccc(Br)cc2[N+](=O)[O-])nc2ccc(F)cn12. The minimum absolute atomic E-state index is 0.125. The number of hydrogen-bond acceptors (Lipinski definition) is 4. The van der Waals surface area contributed by atoms with Gasteiger partial charge in [-0.3, -0.25) is 14.5 Å². The van der Waals surface area contributed by atoms with Gasteiger partial charge in [0.05, 0.1) is 10.5 Å². The van der Waals surface area contributed by atoms with Crippen molar-refractivity contribution in [1.82, 2.24) is 9.38 Å². The van der Waals surface area contributed by atoms with E-state index < -0.39 is 10.7 Å². The monoisotopic (exact) mass is 350 g/mol. The van der Waals surface area contributed by atoms with Gasteiger partial charge in [0.25, 0.3) is 5.69 Å². The molecule has 0 aliphatic heterocycles. The molecule has 0 aliphatic carbocycles. The fourth-order valence-corrected chi connectivity index (χ4v) is 2.44. The molecule has 1 aromatic carbocycles. The van der Waals surface area contributed by atoms with Crippen molar-refractivity contribution in [3.63, 3.8) is 0 Å². The number of imidazole rings is 1. The van der Waals surface area contributed by atoms with Gasteiger partial charge in [-0.05, 0) is 24.3 Å². The average molecular weight is 351 g/mol. The topological polar surface area (TPSA) is 86.5 Å². The zero-order chi connectivity index (χ0) is 15.1. The van der Waals surface area contributed by atoms with Crippen LogP contribution in [0.4, 0.5) is 15.9 Å². The van der Waals surface area contributed by atoms with Gasteiger partial charge < -0.3 is 5.73 Å². The van der Waals surface area contributed by atoms with Crippen LogP contribution in [0.3, 0.4) is 0 Å². The van der Waals surface area contributed by atoms with Gasteiger partial charge in [-0.15, -0.1) is 0 Å². The van der Waals surface area contributed by atoms with E-state index in [9.17, 15) is 14.5 Å². The van der Waals surface area contributed by atoms with Gasteiger partial charge in [-0.2, -0.15) is 0 Å². The van der Waals surface area contributed by atoms with Crippen LogP contribution in [0.5, 0.6) is 0 Å². The lowest BCUT2D eigenvalue weighted by molar-refractivity contribution is -0.384. The van der Waals surface area contributed by atoms with Gasteiger partial charge >= 0.3 is 0 Å². The average Bonchev–Trinajstić information content (AvgIpc) is 2.76. The normalized spacial score (nSPS) is 11.0. The maximum Gasteiger partial charge on any atom is 0.280 e. The molecule has 2 aromatic heterocycles. The number of hydrogen-bond donors (Lipinski definition) is 1. The number of nitrogens with zero attached hydrogens (tertiary/aromatic N) is 3. The molecule has 0 bridgehead atoms. The Balaban J connectivity index is 2.30. The zero-order valence-electron chi connectivity index (χ0n) is 10.5. The van der Waals surface area contributed by atoms with Gasteiger partial charge in [0.15, 0.2) is 0 Å². The van der Waals surface area contributed by atoms with E-state index in [-0.39, 0.29) is 22.8 Å². The Hall–Kier alpha value is -2.48. The first-order chi connectivity index (χ1) is 9.97. The van der Waals surface area contributed by atoms with Crippen molar-refractivity contribution < 1.29 is 9.31 Å². The summed E-state index contributed by atoms with van der Waals surface area (Å²) in [6.45, 7) is 0. The maximum atomic E-state index is 13.3. The molecule has 0 aliphatic rings. The van der Waals surface area contributed by atoms with Crippen LogP contribution >= 0.6 is 15.9 Å². The van der Waals surface area contributed by atoms with E-state index in [0.717, 1.165) is 0 Å². The second kappa shape index (κ2) is 4.81. The molecule has 21 heavy (non-hydrogen) atoms. The number of nitro benzene ring substituents is 1. The van der Waals surface area contributed by atoms with Crippen LogP contribution < -0.4 is 5.73 Å². The molecule has 0 saturated heterocycles. The lowest BCUT2D eigenvalue weighted by Crippen LogP contribution is -1.97. The summed E-state index contributed by atoms with van der Waals surface area (Å²) >= 11 is 3.19. The lowest BCUT2D eigenvalue weighted by Gasteiger charge is -2.02. The first kappa shape index (κ1) is 13.5. The molecule has 0 fully saturated rings. The number of pyridine rings is 1. The molecule has 2 heterocycles. The Bertz CT molecular complexity index is 878. The summed E-state index contributed by atoms with van der Waals surface area (Å²) in [5.74, 6) is -0.321. The second-order valence-corrected chi connectivity index (χ2v) is 5.26. The predicted octanol–water partition coefficient (Wildman–Crippen LogP) is 3.39. The Morgan fingerprint density at radius 2 is 2.10 bits per heavy atom. The molecule has 0 saturated carbocycles. The first-order valence-corrected chi connectivity index (χ1v) is 6.64. The molecular formula is C13H8BrFN4O2. The fourth-order valence-electron chi connectivity index (χ4n) is 2.09. The molecule has 0 unspecified atom stereocenters. The van der Waals surface area contributed by atoms with Crippen LogP contribution in [0, 0.1) is 15.9 Å². The summed E-state index contributed by atoms with van der Waals surface area (Å²) in [6.07, 6.45) is 1.19. The van der Waals surface area contributed by atoms with Crippen LogP contribution in [-0.2, 0) is 0 Å². The molecule has 0 amide bonds. The first-order valence-electron chi connectivity index (χ1n) is 5.85. The van der Waals surface area contributed by atoms with E-state index in [1.54, 1.807) is 12.1 Å². The molecule has 0 spiro atoms. The molecule has 2 N–H and O–H groups in total. The van der Waals surface area contributed by atoms with Crippen molar-refractivity contribution in [3.8, 4) is 11.3 Å². The van der Waals surface area contributed by atoms with E-state index >= 15 is 0 Å². The minimum Gasteiger partial charge on any atom is -0.383 e. The van der Waals surface area contributed by atoms with Crippen LogP contribution in [0.25, 0.3) is 16.9 Å². The maximum absolute atomic E-state index is 13.3. The molecule has 106 valence electrons. The fraction of sp³-hybridized carbons (Fsp3) is 0. The van der Waals surface area contributed by atoms with Gasteiger partial charge in [0.2, 0.25) is 0 Å². The molecule has 3 rings (SSSR count). The van der Waals surface area contributed by atoms with Gasteiger partial charge in [0, 0.05) is 16.7 Å². The number of halogens is 2. The highest BCUT2D eigenvalue weighted by Crippen LogP contribution is 2.35. The van der Waals surface area contributed by atoms with Crippen molar-refractivity contribution >= 4 is 33.1 Å². The van der Waals surface area contributed by atoms with Crippen molar-refractivity contribution in [2.24, 2.45) is 0 Å². The molecule has 6 nitrogen and oxygen atoms in total. The summed E-state index contributed by atoms with van der Waals surface area (Å²) in [5.41, 5.74) is 6.77. The van der Waals surface area contributed by atoms with E-state index in [0.29, 0.717) is 10.1 Å². The summed E-state index contributed by atoms with van der Waals surface area (Å²) in [4.78, 5) is 14.9. The van der Waals surface area contributed by atoms with E-state index in [1.165, 1.54) is 28.8 Å². The van der Waals surface area contributed by atoms with Crippen LogP contribution in [0.2, 0.25) is 0 Å². The molecule has 8 heteroatoms. The molecular weight excluding hydrogens is 343 g/mol. The highest BCUT2D eigenvalue weighted by molar-refractivity contribution is 9.10. The van der Waals surface area contributed by atoms with Crippen molar-refractivity contribution in [3.05, 3.63) is 56.9 Å². The highest BCUT2D eigenvalue weighted by atomic mass is 79.9. The number of fused-ring (bicyclic) bond motifs is 1. The second-order valence-electron chi connectivity index (χ2n) is 4.34. The largest absolute Gasteiger partial charge is 0.383 e. The van der Waals surface area contributed by atoms with Crippen LogP contribution in [0.15, 0.2) is 41.0 Å². The summed E-state index contributed by atoms with van der Waals surface area (Å²) in [7, 11) is 0. The van der Waals surface area contributed by atoms with Crippen molar-refractivity contribution in [2.45, 2.75) is 0 Å². The summed E-state index contributed by atoms with van der Waals surface area (Å²) in [6, 6.07) is 7.30. The third-order valence-corrected chi connectivity index (χ3v) is 3.52. The van der Waals surface area contributed by atoms with Crippen molar-refractivity contribution in [1.29, 1.82) is 0 Å². The van der Waals surface area contributed by atoms with E-state index in [2.05, 4.69) is 20.9 Å². The minimum atomic E-state index is -0.510. The number of nitrogens with two attached hydrogens (primary N) is 1. The Morgan fingerprint density at radius 1 is 1.33 bits per heavy atom. The number of anilines is 1.